The van der Waals surface area contributed by atoms with Crippen LogP contribution >= 0.6 is 0 Å². The zero-order valence-electron chi connectivity index (χ0n) is 29.7. The van der Waals surface area contributed by atoms with Gasteiger partial charge in [0, 0.05) is 24.4 Å². The number of nitrogens with one attached hydrogen (secondary N) is 2. The van der Waals surface area contributed by atoms with Crippen molar-refractivity contribution in [1.82, 2.24) is 35.1 Å². The third-order valence-corrected chi connectivity index (χ3v) is 12.2. The molecule has 14 nitrogen and oxygen atoms in total. The molecular weight excluding hydrogens is 687 g/mol. The van der Waals surface area contributed by atoms with Gasteiger partial charge in [0.05, 0.1) is 11.3 Å². The van der Waals surface area contributed by atoms with Crippen LogP contribution in [-0.2, 0) is 33.9 Å². The maximum absolute atomic E-state index is 14.5. The molecule has 3 heterocycles. The van der Waals surface area contributed by atoms with E-state index in [9.17, 15) is 27.6 Å². The number of sulfonamides is 1. The molecule has 1 saturated heterocycles. The van der Waals surface area contributed by atoms with E-state index < -0.39 is 74.0 Å². The highest BCUT2D eigenvalue weighted by Crippen LogP contribution is 2.46. The Morgan fingerprint density at radius 3 is 2.56 bits per heavy atom. The molecule has 7 rings (SSSR count). The number of amides is 3. The monoisotopic (exact) mass is 731 g/mol. The molecule has 0 unspecified atom stereocenters. The molecule has 0 radical (unpaired) electrons. The quantitative estimate of drug-likeness (QED) is 0.216. The van der Waals surface area contributed by atoms with Crippen LogP contribution in [0.2, 0.25) is 0 Å². The Balaban J connectivity index is 1.21. The number of fused-ring (bicyclic) bond motifs is 3. The number of ether oxygens (including phenoxy) is 1. The zero-order valence-corrected chi connectivity index (χ0v) is 30.5. The number of allylic oxidation sites excluding steroid dienone is 1. The third kappa shape index (κ3) is 7.32. The van der Waals surface area contributed by atoms with Gasteiger partial charge in [0.25, 0.3) is 5.91 Å². The fourth-order valence-corrected chi connectivity index (χ4v) is 8.68. The highest BCUT2D eigenvalue weighted by molar-refractivity contribution is 7.91. The molecule has 15 heteroatoms. The number of benzene rings is 2. The van der Waals surface area contributed by atoms with Gasteiger partial charge in [-0.05, 0) is 75.3 Å². The molecule has 4 aliphatic rings. The van der Waals surface area contributed by atoms with Crippen LogP contribution in [0, 0.1) is 11.8 Å². The highest BCUT2D eigenvalue weighted by atomic mass is 32.2. The van der Waals surface area contributed by atoms with E-state index in [0.717, 1.165) is 29.2 Å². The number of carbonyl (C=O) groups is 4. The number of aromatic nitrogens is 4. The van der Waals surface area contributed by atoms with Gasteiger partial charge in [-0.1, -0.05) is 67.5 Å². The Kier molecular flexibility index (Phi) is 9.42. The van der Waals surface area contributed by atoms with E-state index in [1.807, 2.05) is 54.6 Å². The van der Waals surface area contributed by atoms with Crippen LogP contribution in [0.15, 0.2) is 54.6 Å². The normalized spacial score (nSPS) is 27.8. The van der Waals surface area contributed by atoms with Crippen molar-refractivity contribution in [3.05, 3.63) is 54.6 Å². The van der Waals surface area contributed by atoms with Gasteiger partial charge in [-0.15, -0.1) is 10.2 Å². The SMILES string of the molecule is CC(C)(C)OC(=O)[C@H]1CCCCC/C=C\[C@H]2C[C@@]2(C(=O)NS(=O)(=O)C2CC2)NC(=O)[C@@H]2C[C@@H](n3nnc(-c4cccc5ccccc45)n3)CN2C1=O. The van der Waals surface area contributed by atoms with Crippen molar-refractivity contribution in [2.45, 2.75) is 107 Å². The summed E-state index contributed by atoms with van der Waals surface area (Å²) < 4.78 is 33.5. The summed E-state index contributed by atoms with van der Waals surface area (Å²) in [6.07, 6.45) is 8.09. The van der Waals surface area contributed by atoms with Crippen molar-refractivity contribution in [3.8, 4) is 11.4 Å². The van der Waals surface area contributed by atoms with Gasteiger partial charge in [0.2, 0.25) is 27.7 Å². The van der Waals surface area contributed by atoms with Gasteiger partial charge < -0.3 is 15.0 Å². The molecule has 2 aliphatic heterocycles. The van der Waals surface area contributed by atoms with E-state index in [1.165, 1.54) is 9.70 Å². The van der Waals surface area contributed by atoms with Crippen molar-refractivity contribution < 1.29 is 32.3 Å². The average Bonchev–Trinajstić information content (AvgIpc) is 3.96. The first-order chi connectivity index (χ1) is 24.8. The molecule has 2 saturated carbocycles. The summed E-state index contributed by atoms with van der Waals surface area (Å²) in [5, 5.41) is 17.6. The van der Waals surface area contributed by atoms with Gasteiger partial charge in [0.1, 0.15) is 23.1 Å². The summed E-state index contributed by atoms with van der Waals surface area (Å²) in [4.78, 5) is 58.8. The van der Waals surface area contributed by atoms with E-state index in [-0.39, 0.29) is 25.8 Å². The maximum atomic E-state index is 14.5. The molecule has 3 fully saturated rings. The van der Waals surface area contributed by atoms with Crippen LogP contribution in [0.5, 0.6) is 0 Å². The largest absolute Gasteiger partial charge is 0.459 e. The van der Waals surface area contributed by atoms with Gasteiger partial charge in [-0.3, -0.25) is 23.9 Å². The lowest BCUT2D eigenvalue weighted by atomic mass is 9.98. The topological polar surface area (TPSA) is 183 Å². The van der Waals surface area contributed by atoms with Crippen molar-refractivity contribution in [3.63, 3.8) is 0 Å². The van der Waals surface area contributed by atoms with Crippen LogP contribution in [-0.4, -0.2) is 86.2 Å². The molecule has 2 aromatic carbocycles. The number of hydrogen-bond acceptors (Lipinski definition) is 10. The second-order valence-corrected chi connectivity index (χ2v) is 17.4. The number of carbonyl (C=O) groups excluding carboxylic acids is 4. The molecule has 0 spiro atoms. The Hall–Kier alpha value is -4.66. The van der Waals surface area contributed by atoms with Crippen LogP contribution in [0.25, 0.3) is 22.2 Å². The summed E-state index contributed by atoms with van der Waals surface area (Å²) >= 11 is 0. The first kappa shape index (κ1) is 35.7. The van der Waals surface area contributed by atoms with Crippen LogP contribution in [0.3, 0.4) is 0 Å². The molecular formula is C37H45N7O7S. The first-order valence-corrected chi connectivity index (χ1v) is 19.7. The van der Waals surface area contributed by atoms with Crippen molar-refractivity contribution in [1.29, 1.82) is 0 Å². The Labute approximate surface area is 302 Å². The smallest absolute Gasteiger partial charge is 0.319 e. The standard InChI is InChI=1S/C37H45N7O7S/c1-36(2,3)51-34(47)29-16-8-6-4-5-7-14-24-21-37(24,35(48)41-52(49,50)26-18-19-26)38-32(45)30-20-25(22-43(30)33(29)46)44-40-31(39-42-44)28-17-11-13-23-12-9-10-15-27(23)28/h7,9-15,17,24-26,29-30H,4-6,8,16,18-22H2,1-3H3,(H,38,45)(H,41,48)/b14-7-/t24-,25+,29-,30-,37+/m0/s1. The number of esters is 1. The van der Waals surface area contributed by atoms with Crippen LogP contribution in [0.4, 0.5) is 0 Å². The molecule has 3 aromatic rings. The highest BCUT2D eigenvalue weighted by Gasteiger charge is 2.62. The summed E-state index contributed by atoms with van der Waals surface area (Å²) in [6.45, 7) is 5.21. The van der Waals surface area contributed by atoms with Gasteiger partial charge in [-0.25, -0.2) is 8.42 Å². The average molecular weight is 732 g/mol. The molecule has 3 amide bonds. The number of hydrogen-bond donors (Lipinski definition) is 2. The number of nitrogens with zero attached hydrogens (tertiary/aromatic N) is 5. The van der Waals surface area contributed by atoms with E-state index in [1.54, 1.807) is 20.8 Å². The molecule has 52 heavy (non-hydrogen) atoms. The van der Waals surface area contributed by atoms with Gasteiger partial charge in [-0.2, -0.15) is 4.80 Å². The van der Waals surface area contributed by atoms with E-state index in [2.05, 4.69) is 20.4 Å². The fraction of sp³-hybridized carbons (Fsp3) is 0.541. The minimum Gasteiger partial charge on any atom is -0.459 e. The predicted octanol–water partition coefficient (Wildman–Crippen LogP) is 3.60. The molecule has 5 atom stereocenters. The molecule has 2 N–H and O–H groups in total. The number of rotatable bonds is 6. The summed E-state index contributed by atoms with van der Waals surface area (Å²) in [7, 11) is -3.89. The van der Waals surface area contributed by atoms with Gasteiger partial charge >= 0.3 is 5.97 Å². The van der Waals surface area contributed by atoms with E-state index in [0.29, 0.717) is 31.5 Å². The van der Waals surface area contributed by atoms with E-state index in [4.69, 9.17) is 9.84 Å². The minimum absolute atomic E-state index is 0.000141. The molecule has 0 bridgehead atoms. The molecule has 2 aliphatic carbocycles. The lowest BCUT2D eigenvalue weighted by Crippen LogP contribution is -2.57. The zero-order chi connectivity index (χ0) is 36.8. The van der Waals surface area contributed by atoms with E-state index >= 15 is 0 Å². The lowest BCUT2D eigenvalue weighted by molar-refractivity contribution is -0.166. The predicted molar refractivity (Wildman–Crippen MR) is 191 cm³/mol. The summed E-state index contributed by atoms with van der Waals surface area (Å²) in [5.41, 5.74) is -1.56. The van der Waals surface area contributed by atoms with Crippen molar-refractivity contribution in [2.75, 3.05) is 6.54 Å². The van der Waals surface area contributed by atoms with Crippen molar-refractivity contribution in [2.24, 2.45) is 11.8 Å². The Morgan fingerprint density at radius 2 is 1.79 bits per heavy atom. The molecule has 1 aromatic heterocycles. The van der Waals surface area contributed by atoms with Gasteiger partial charge in [0.15, 0.2) is 0 Å². The number of tetrazole rings is 1. The van der Waals surface area contributed by atoms with Crippen molar-refractivity contribution >= 4 is 44.5 Å². The fourth-order valence-electron chi connectivity index (χ4n) is 7.31. The van der Waals surface area contributed by atoms with Crippen LogP contribution < -0.4 is 10.0 Å². The maximum Gasteiger partial charge on any atom is 0.319 e. The second kappa shape index (κ2) is 13.7. The molecule has 276 valence electrons. The summed E-state index contributed by atoms with van der Waals surface area (Å²) in [5.74, 6) is -3.83. The Morgan fingerprint density at radius 1 is 1.02 bits per heavy atom. The van der Waals surface area contributed by atoms with Crippen LogP contribution in [0.1, 0.15) is 84.6 Å². The third-order valence-electron chi connectivity index (χ3n) is 10.3. The minimum atomic E-state index is -3.89. The summed E-state index contributed by atoms with van der Waals surface area (Å²) in [6, 6.07) is 11.9. The second-order valence-electron chi connectivity index (χ2n) is 15.5. The lowest BCUT2D eigenvalue weighted by Gasteiger charge is -2.30. The Bertz CT molecular complexity index is 2030. The first-order valence-electron chi connectivity index (χ1n) is 18.1.